The van der Waals surface area contributed by atoms with Crippen LogP contribution < -0.4 is 0 Å². The number of thiazole rings is 1. The van der Waals surface area contributed by atoms with E-state index in [2.05, 4.69) is 10.1 Å². The summed E-state index contributed by atoms with van der Waals surface area (Å²) in [6, 6.07) is 6.78. The van der Waals surface area contributed by atoms with E-state index < -0.39 is 12.0 Å². The highest BCUT2D eigenvalue weighted by atomic mass is 32.1. The molecule has 0 saturated heterocycles. The molecule has 1 aliphatic rings. The van der Waals surface area contributed by atoms with E-state index >= 15 is 0 Å². The number of carboxylic acid groups (broad SMARTS) is 1. The number of nitrogens with zero attached hydrogens (tertiary/aromatic N) is 4. The SMILES string of the molecule is Cc1nc(-c2cnn(C)c2)sc1C(=O)N1Cc2ccccc2C[C@@H]1C(=O)O. The summed E-state index contributed by atoms with van der Waals surface area (Å²) in [5.41, 5.74) is 3.40. The summed E-state index contributed by atoms with van der Waals surface area (Å²) in [4.78, 5) is 31.4. The van der Waals surface area contributed by atoms with E-state index in [0.717, 1.165) is 16.7 Å². The predicted molar refractivity (Wildman–Crippen MR) is 100 cm³/mol. The normalized spacial score (nSPS) is 16.2. The Balaban J connectivity index is 1.69. The largest absolute Gasteiger partial charge is 0.480 e. The molecule has 1 atom stereocenters. The van der Waals surface area contributed by atoms with Crippen LogP contribution in [0.2, 0.25) is 0 Å². The van der Waals surface area contributed by atoms with Gasteiger partial charge in [0.15, 0.2) is 0 Å². The fraction of sp³-hybridized carbons (Fsp3) is 0.263. The Morgan fingerprint density at radius 1 is 1.26 bits per heavy atom. The summed E-state index contributed by atoms with van der Waals surface area (Å²) in [6.45, 7) is 2.06. The molecule has 0 aliphatic carbocycles. The monoisotopic (exact) mass is 382 g/mol. The molecule has 1 amide bonds. The molecular weight excluding hydrogens is 364 g/mol. The number of rotatable bonds is 3. The molecular formula is C19H18N4O3S. The minimum atomic E-state index is -0.993. The van der Waals surface area contributed by atoms with Crippen LogP contribution in [-0.4, -0.2) is 42.7 Å². The molecule has 0 spiro atoms. The lowest BCUT2D eigenvalue weighted by atomic mass is 9.94. The number of aryl methyl sites for hydroxylation is 2. The van der Waals surface area contributed by atoms with Crippen LogP contribution in [0.4, 0.5) is 0 Å². The number of aliphatic carboxylic acids is 1. The van der Waals surface area contributed by atoms with Crippen molar-refractivity contribution >= 4 is 23.2 Å². The highest BCUT2D eigenvalue weighted by Crippen LogP contribution is 2.31. The summed E-state index contributed by atoms with van der Waals surface area (Å²) < 4.78 is 1.68. The molecule has 7 nitrogen and oxygen atoms in total. The lowest BCUT2D eigenvalue weighted by Gasteiger charge is -2.34. The summed E-state index contributed by atoms with van der Waals surface area (Å²) in [7, 11) is 1.82. The fourth-order valence-electron chi connectivity index (χ4n) is 3.34. The number of fused-ring (bicyclic) bond motifs is 1. The third kappa shape index (κ3) is 3.12. The zero-order valence-electron chi connectivity index (χ0n) is 14.9. The van der Waals surface area contributed by atoms with Gasteiger partial charge in [-0.25, -0.2) is 9.78 Å². The molecule has 0 fully saturated rings. The second-order valence-electron chi connectivity index (χ2n) is 6.60. The maximum Gasteiger partial charge on any atom is 0.326 e. The van der Waals surface area contributed by atoms with E-state index in [-0.39, 0.29) is 12.5 Å². The minimum Gasteiger partial charge on any atom is -0.480 e. The third-order valence-electron chi connectivity index (χ3n) is 4.74. The molecule has 1 aliphatic heterocycles. The second-order valence-corrected chi connectivity index (χ2v) is 7.60. The van der Waals surface area contributed by atoms with Gasteiger partial charge in [-0.1, -0.05) is 24.3 Å². The first-order valence-electron chi connectivity index (χ1n) is 8.51. The van der Waals surface area contributed by atoms with Gasteiger partial charge in [0.05, 0.1) is 11.9 Å². The van der Waals surface area contributed by atoms with Crippen molar-refractivity contribution in [1.29, 1.82) is 0 Å². The Morgan fingerprint density at radius 3 is 2.67 bits per heavy atom. The molecule has 1 N–H and O–H groups in total. The van der Waals surface area contributed by atoms with E-state index in [0.29, 0.717) is 22.0 Å². The zero-order valence-corrected chi connectivity index (χ0v) is 15.7. The first-order chi connectivity index (χ1) is 12.9. The summed E-state index contributed by atoms with van der Waals surface area (Å²) in [6.07, 6.45) is 3.85. The van der Waals surface area contributed by atoms with Gasteiger partial charge in [-0.2, -0.15) is 5.10 Å². The molecule has 3 aromatic rings. The Labute approximate surface area is 159 Å². The first-order valence-corrected chi connectivity index (χ1v) is 9.32. The van der Waals surface area contributed by atoms with Crippen LogP contribution in [0.25, 0.3) is 10.6 Å². The van der Waals surface area contributed by atoms with Gasteiger partial charge in [-0.05, 0) is 18.1 Å². The van der Waals surface area contributed by atoms with E-state index in [4.69, 9.17) is 0 Å². The lowest BCUT2D eigenvalue weighted by Crippen LogP contribution is -2.48. The molecule has 8 heteroatoms. The van der Waals surface area contributed by atoms with Crippen molar-refractivity contribution in [2.24, 2.45) is 7.05 Å². The van der Waals surface area contributed by atoms with Crippen LogP contribution in [0, 0.1) is 6.92 Å². The lowest BCUT2D eigenvalue weighted by molar-refractivity contribution is -0.142. The van der Waals surface area contributed by atoms with Gasteiger partial charge in [-0.3, -0.25) is 9.48 Å². The van der Waals surface area contributed by atoms with Crippen molar-refractivity contribution in [3.63, 3.8) is 0 Å². The Bertz CT molecular complexity index is 1040. The first kappa shape index (κ1) is 17.4. The zero-order chi connectivity index (χ0) is 19.1. The van der Waals surface area contributed by atoms with Gasteiger partial charge in [0.1, 0.15) is 15.9 Å². The molecule has 1 aromatic carbocycles. The third-order valence-corrected chi connectivity index (χ3v) is 5.93. The average molecular weight is 382 g/mol. The minimum absolute atomic E-state index is 0.283. The molecule has 4 rings (SSSR count). The van der Waals surface area contributed by atoms with Crippen LogP contribution in [0.5, 0.6) is 0 Å². The second kappa shape index (κ2) is 6.62. The van der Waals surface area contributed by atoms with Gasteiger partial charge in [0.25, 0.3) is 5.91 Å². The average Bonchev–Trinajstić information content (AvgIpc) is 3.25. The van der Waals surface area contributed by atoms with E-state index in [1.54, 1.807) is 17.8 Å². The number of hydrogen-bond acceptors (Lipinski definition) is 5. The number of carbonyl (C=O) groups is 2. The molecule has 0 bridgehead atoms. The number of amides is 1. The standard InChI is InChI=1S/C19H18N4O3S/c1-11-16(27-17(21-11)14-8-20-22(2)9-14)18(24)23-10-13-6-4-3-5-12(13)7-15(23)19(25)26/h3-6,8-9,15H,7,10H2,1-2H3,(H,25,26)/t15-/m1/s1. The number of hydrogen-bond donors (Lipinski definition) is 1. The summed E-state index contributed by atoms with van der Waals surface area (Å²) >= 11 is 1.27. The highest BCUT2D eigenvalue weighted by molar-refractivity contribution is 7.17. The molecule has 0 saturated carbocycles. The van der Waals surface area contributed by atoms with E-state index in [9.17, 15) is 14.7 Å². The van der Waals surface area contributed by atoms with Crippen LogP contribution in [0.15, 0.2) is 36.7 Å². The Kier molecular flexibility index (Phi) is 4.27. The van der Waals surface area contributed by atoms with Crippen molar-refractivity contribution in [3.05, 3.63) is 58.4 Å². The molecule has 2 aromatic heterocycles. The van der Waals surface area contributed by atoms with Gasteiger partial charge >= 0.3 is 5.97 Å². The maximum atomic E-state index is 13.2. The summed E-state index contributed by atoms with van der Waals surface area (Å²) in [5, 5.41) is 14.5. The van der Waals surface area contributed by atoms with Gasteiger partial charge in [0.2, 0.25) is 0 Å². The van der Waals surface area contributed by atoms with E-state index in [1.807, 2.05) is 37.5 Å². The van der Waals surface area contributed by atoms with Crippen molar-refractivity contribution in [3.8, 4) is 10.6 Å². The van der Waals surface area contributed by atoms with Crippen molar-refractivity contribution < 1.29 is 14.7 Å². The molecule has 27 heavy (non-hydrogen) atoms. The van der Waals surface area contributed by atoms with E-state index in [1.165, 1.54) is 16.2 Å². The maximum absolute atomic E-state index is 13.2. The Morgan fingerprint density at radius 2 is 2.00 bits per heavy atom. The number of carboxylic acids is 1. The van der Waals surface area contributed by atoms with Crippen LogP contribution in [0.1, 0.15) is 26.5 Å². The highest BCUT2D eigenvalue weighted by Gasteiger charge is 2.36. The van der Waals surface area contributed by atoms with Gasteiger partial charge in [-0.15, -0.1) is 11.3 Å². The topological polar surface area (TPSA) is 88.3 Å². The predicted octanol–water partition coefficient (Wildman–Crippen LogP) is 2.50. The van der Waals surface area contributed by atoms with Crippen molar-refractivity contribution in [1.82, 2.24) is 19.7 Å². The van der Waals surface area contributed by atoms with Gasteiger partial charge < -0.3 is 10.0 Å². The molecule has 138 valence electrons. The smallest absolute Gasteiger partial charge is 0.326 e. The van der Waals surface area contributed by atoms with Crippen LogP contribution in [-0.2, 0) is 24.8 Å². The van der Waals surface area contributed by atoms with Crippen LogP contribution >= 0.6 is 11.3 Å². The number of aromatic nitrogens is 3. The quantitative estimate of drug-likeness (QED) is 0.752. The fourth-order valence-corrected chi connectivity index (χ4v) is 4.33. The summed E-state index contributed by atoms with van der Waals surface area (Å²) in [5.74, 6) is -1.28. The van der Waals surface area contributed by atoms with Crippen molar-refractivity contribution in [2.75, 3.05) is 0 Å². The molecule has 0 radical (unpaired) electrons. The number of benzene rings is 1. The molecule has 3 heterocycles. The number of carbonyl (C=O) groups excluding carboxylic acids is 1. The Hall–Kier alpha value is -3.00. The van der Waals surface area contributed by atoms with Gasteiger partial charge in [0, 0.05) is 31.8 Å². The van der Waals surface area contributed by atoms with Crippen molar-refractivity contribution in [2.45, 2.75) is 25.9 Å². The molecule has 0 unspecified atom stereocenters. The van der Waals surface area contributed by atoms with Crippen LogP contribution in [0.3, 0.4) is 0 Å².